The minimum atomic E-state index is -0.271. The van der Waals surface area contributed by atoms with Gasteiger partial charge in [0.1, 0.15) is 0 Å². The molecule has 0 aromatic heterocycles. The summed E-state index contributed by atoms with van der Waals surface area (Å²) < 4.78 is 11.9. The maximum atomic E-state index is 11.9. The van der Waals surface area contributed by atoms with Crippen LogP contribution in [0.5, 0.6) is 0 Å². The molecule has 1 aromatic carbocycles. The van der Waals surface area contributed by atoms with Crippen LogP contribution in [0, 0.1) is 0 Å². The maximum absolute atomic E-state index is 11.9. The number of hydrogen-bond donors (Lipinski definition) is 1. The predicted octanol–water partition coefficient (Wildman–Crippen LogP) is 2.06. The van der Waals surface area contributed by atoms with Gasteiger partial charge in [0.25, 0.3) is 0 Å². The van der Waals surface area contributed by atoms with Crippen LogP contribution in [0.3, 0.4) is 0 Å². The highest BCUT2D eigenvalue weighted by Crippen LogP contribution is 2.15. The van der Waals surface area contributed by atoms with Crippen LogP contribution in [0.4, 0.5) is 15.8 Å². The summed E-state index contributed by atoms with van der Waals surface area (Å²) in [6.07, 6.45) is 0.561. The zero-order chi connectivity index (χ0) is 9.68. The second kappa shape index (κ2) is 4.70. The first-order valence-corrected chi connectivity index (χ1v) is 4.36. The third-order valence-corrected chi connectivity index (χ3v) is 1.94. The third kappa shape index (κ3) is 2.93. The molecule has 13 heavy (non-hydrogen) atoms. The van der Waals surface area contributed by atoms with Gasteiger partial charge in [-0.3, -0.25) is 4.39 Å². The molecular weight excluding hydrogens is 167 g/mol. The Morgan fingerprint density at radius 2 is 2.23 bits per heavy atom. The number of hydrogen-bond acceptors (Lipinski definition) is 2. The Bertz CT molecular complexity index is 263. The molecule has 0 spiro atoms. The minimum Gasteiger partial charge on any atom is -0.399 e. The van der Waals surface area contributed by atoms with Crippen molar-refractivity contribution in [3.8, 4) is 0 Å². The van der Waals surface area contributed by atoms with Crippen molar-refractivity contribution >= 4 is 11.4 Å². The summed E-state index contributed by atoms with van der Waals surface area (Å²) in [6, 6.07) is 7.59. The molecule has 0 saturated heterocycles. The first kappa shape index (κ1) is 9.84. The molecule has 0 unspecified atom stereocenters. The predicted molar refractivity (Wildman–Crippen MR) is 54.7 cm³/mol. The number of halogens is 1. The Morgan fingerprint density at radius 1 is 1.46 bits per heavy atom. The van der Waals surface area contributed by atoms with E-state index in [1.807, 2.05) is 36.2 Å². The van der Waals surface area contributed by atoms with E-state index >= 15 is 0 Å². The highest BCUT2D eigenvalue weighted by atomic mass is 19.1. The lowest BCUT2D eigenvalue weighted by Crippen LogP contribution is -2.18. The Kier molecular flexibility index (Phi) is 3.55. The lowest BCUT2D eigenvalue weighted by atomic mass is 10.2. The smallest absolute Gasteiger partial charge is 0.0911 e. The molecular formula is C10H15FN2. The van der Waals surface area contributed by atoms with E-state index in [1.54, 1.807) is 0 Å². The van der Waals surface area contributed by atoms with Crippen LogP contribution in [0.2, 0.25) is 0 Å². The Morgan fingerprint density at radius 3 is 2.85 bits per heavy atom. The van der Waals surface area contributed by atoms with E-state index in [1.165, 1.54) is 0 Å². The molecule has 1 aromatic rings. The fourth-order valence-electron chi connectivity index (χ4n) is 1.19. The van der Waals surface area contributed by atoms with Crippen LogP contribution in [-0.2, 0) is 0 Å². The van der Waals surface area contributed by atoms with Crippen LogP contribution in [0.1, 0.15) is 6.42 Å². The first-order valence-electron chi connectivity index (χ1n) is 4.36. The van der Waals surface area contributed by atoms with E-state index in [-0.39, 0.29) is 6.67 Å². The number of rotatable bonds is 4. The van der Waals surface area contributed by atoms with Crippen LogP contribution in [-0.4, -0.2) is 20.3 Å². The van der Waals surface area contributed by atoms with Gasteiger partial charge in [0.15, 0.2) is 0 Å². The quantitative estimate of drug-likeness (QED) is 0.722. The van der Waals surface area contributed by atoms with Crippen LogP contribution in [0.25, 0.3) is 0 Å². The second-order valence-electron chi connectivity index (χ2n) is 3.06. The van der Waals surface area contributed by atoms with Gasteiger partial charge in [-0.2, -0.15) is 0 Å². The van der Waals surface area contributed by atoms with E-state index in [2.05, 4.69) is 0 Å². The summed E-state index contributed by atoms with van der Waals surface area (Å²) in [7, 11) is 1.93. The van der Waals surface area contributed by atoms with Gasteiger partial charge in [-0.25, -0.2) is 0 Å². The zero-order valence-electron chi connectivity index (χ0n) is 7.83. The normalized spacial score (nSPS) is 10.0. The summed E-state index contributed by atoms with van der Waals surface area (Å²) in [5.41, 5.74) is 7.40. The average Bonchev–Trinajstić information content (AvgIpc) is 2.14. The average molecular weight is 182 g/mol. The van der Waals surface area contributed by atoms with E-state index in [0.29, 0.717) is 6.42 Å². The molecule has 3 heteroatoms. The molecule has 0 atom stereocenters. The molecule has 72 valence electrons. The SMILES string of the molecule is CN(CCCF)c1cccc(N)c1. The van der Waals surface area contributed by atoms with Crippen molar-refractivity contribution in [2.75, 3.05) is 30.9 Å². The van der Waals surface area contributed by atoms with Crippen LogP contribution < -0.4 is 10.6 Å². The molecule has 0 radical (unpaired) electrons. The maximum Gasteiger partial charge on any atom is 0.0911 e. The summed E-state index contributed by atoms with van der Waals surface area (Å²) >= 11 is 0. The summed E-state index contributed by atoms with van der Waals surface area (Å²) in [4.78, 5) is 2.00. The van der Waals surface area contributed by atoms with Gasteiger partial charge in [-0.1, -0.05) is 6.07 Å². The van der Waals surface area contributed by atoms with E-state index in [4.69, 9.17) is 5.73 Å². The molecule has 0 aliphatic heterocycles. The van der Waals surface area contributed by atoms with Gasteiger partial charge < -0.3 is 10.6 Å². The van der Waals surface area contributed by atoms with Crippen molar-refractivity contribution in [3.05, 3.63) is 24.3 Å². The molecule has 1 rings (SSSR count). The topological polar surface area (TPSA) is 29.3 Å². The molecule has 0 heterocycles. The van der Waals surface area contributed by atoms with Gasteiger partial charge >= 0.3 is 0 Å². The zero-order valence-corrected chi connectivity index (χ0v) is 7.83. The van der Waals surface area contributed by atoms with Gasteiger partial charge in [0.05, 0.1) is 6.67 Å². The highest BCUT2D eigenvalue weighted by molar-refractivity contribution is 5.55. The van der Waals surface area contributed by atoms with Gasteiger partial charge in [0.2, 0.25) is 0 Å². The molecule has 0 aliphatic rings. The van der Waals surface area contributed by atoms with Gasteiger partial charge in [-0.05, 0) is 24.6 Å². The van der Waals surface area contributed by atoms with Crippen LogP contribution >= 0.6 is 0 Å². The third-order valence-electron chi connectivity index (χ3n) is 1.94. The van der Waals surface area contributed by atoms with E-state index in [9.17, 15) is 4.39 Å². The fourth-order valence-corrected chi connectivity index (χ4v) is 1.19. The lowest BCUT2D eigenvalue weighted by Gasteiger charge is -2.18. The van der Waals surface area contributed by atoms with E-state index < -0.39 is 0 Å². The number of anilines is 2. The summed E-state index contributed by atoms with van der Waals surface area (Å²) in [5.74, 6) is 0. The van der Waals surface area contributed by atoms with Crippen molar-refractivity contribution in [3.63, 3.8) is 0 Å². The van der Waals surface area contributed by atoms with Gasteiger partial charge in [-0.15, -0.1) is 0 Å². The molecule has 0 aliphatic carbocycles. The number of nitrogens with zero attached hydrogens (tertiary/aromatic N) is 1. The number of alkyl halides is 1. The Labute approximate surface area is 78.2 Å². The Balaban J connectivity index is 2.60. The standard InChI is InChI=1S/C10H15FN2/c1-13(7-3-6-11)10-5-2-4-9(12)8-10/h2,4-5,8H,3,6-7,12H2,1H3. The molecule has 0 amide bonds. The van der Waals surface area contributed by atoms with Crippen molar-refractivity contribution < 1.29 is 4.39 Å². The highest BCUT2D eigenvalue weighted by Gasteiger charge is 1.99. The fraction of sp³-hybridized carbons (Fsp3) is 0.400. The summed E-state index contributed by atoms with van der Waals surface area (Å²) in [6.45, 7) is 0.451. The van der Waals surface area contributed by atoms with Crippen molar-refractivity contribution in [1.82, 2.24) is 0 Å². The number of nitrogen functional groups attached to an aromatic ring is 1. The first-order chi connectivity index (χ1) is 6.24. The van der Waals surface area contributed by atoms with E-state index in [0.717, 1.165) is 17.9 Å². The second-order valence-corrected chi connectivity index (χ2v) is 3.06. The molecule has 0 bridgehead atoms. The molecule has 0 saturated carbocycles. The molecule has 0 fully saturated rings. The number of benzene rings is 1. The largest absolute Gasteiger partial charge is 0.399 e. The monoisotopic (exact) mass is 182 g/mol. The van der Waals surface area contributed by atoms with Crippen molar-refractivity contribution in [2.24, 2.45) is 0 Å². The lowest BCUT2D eigenvalue weighted by molar-refractivity contribution is 0.474. The van der Waals surface area contributed by atoms with Gasteiger partial charge in [0, 0.05) is 25.0 Å². The minimum absolute atomic E-state index is 0.271. The summed E-state index contributed by atoms with van der Waals surface area (Å²) in [5, 5.41) is 0. The van der Waals surface area contributed by atoms with Crippen molar-refractivity contribution in [1.29, 1.82) is 0 Å². The van der Waals surface area contributed by atoms with Crippen molar-refractivity contribution in [2.45, 2.75) is 6.42 Å². The molecule has 2 nitrogen and oxygen atoms in total. The van der Waals surface area contributed by atoms with Crippen LogP contribution in [0.15, 0.2) is 24.3 Å². The number of nitrogens with two attached hydrogens (primary N) is 1. The molecule has 2 N–H and O–H groups in total. The Hall–Kier alpha value is -1.25.